The van der Waals surface area contributed by atoms with Gasteiger partial charge in [0.25, 0.3) is 0 Å². The summed E-state index contributed by atoms with van der Waals surface area (Å²) in [5, 5.41) is 2.92. The van der Waals surface area contributed by atoms with E-state index in [9.17, 15) is 9.59 Å². The van der Waals surface area contributed by atoms with Gasteiger partial charge in [0.1, 0.15) is 0 Å². The Morgan fingerprint density at radius 3 is 2.29 bits per heavy atom. The molecule has 1 aromatic rings. The quantitative estimate of drug-likeness (QED) is 0.820. The number of methoxy groups -OCH3 is 1. The molecule has 21 heavy (non-hydrogen) atoms. The van der Waals surface area contributed by atoms with E-state index in [0.29, 0.717) is 6.42 Å². The lowest BCUT2D eigenvalue weighted by Crippen LogP contribution is -2.32. The molecule has 0 saturated carbocycles. The molecule has 0 bridgehead atoms. The fourth-order valence-corrected chi connectivity index (χ4v) is 2.19. The van der Waals surface area contributed by atoms with E-state index in [1.807, 2.05) is 45.0 Å². The van der Waals surface area contributed by atoms with Gasteiger partial charge in [0, 0.05) is 10.9 Å². The standard InChI is InChI=1S/C16H22BrNO3/c1-16(2,3)10-14(19)18-13(9-15(20)21-4)11-5-7-12(17)8-6-11/h5-8,13H,9-10H2,1-4H3,(H,18,19). The Labute approximate surface area is 134 Å². The van der Waals surface area contributed by atoms with Gasteiger partial charge >= 0.3 is 5.97 Å². The number of amides is 1. The average Bonchev–Trinajstić information content (AvgIpc) is 2.36. The first kappa shape index (κ1) is 17.7. The van der Waals surface area contributed by atoms with E-state index in [-0.39, 0.29) is 29.8 Å². The minimum Gasteiger partial charge on any atom is -0.469 e. The zero-order valence-corrected chi connectivity index (χ0v) is 14.5. The summed E-state index contributed by atoms with van der Waals surface area (Å²) in [5.41, 5.74) is 0.783. The third-order valence-corrected chi connectivity index (χ3v) is 3.43. The van der Waals surface area contributed by atoms with Crippen LogP contribution in [0.25, 0.3) is 0 Å². The maximum atomic E-state index is 12.1. The Balaban J connectivity index is 2.84. The smallest absolute Gasteiger partial charge is 0.307 e. The van der Waals surface area contributed by atoms with Gasteiger partial charge in [-0.15, -0.1) is 0 Å². The van der Waals surface area contributed by atoms with Crippen molar-refractivity contribution in [3.8, 4) is 0 Å². The van der Waals surface area contributed by atoms with E-state index in [0.717, 1.165) is 10.0 Å². The third-order valence-electron chi connectivity index (χ3n) is 2.90. The molecule has 0 aliphatic heterocycles. The molecule has 0 fully saturated rings. The first-order valence-electron chi connectivity index (χ1n) is 6.83. The van der Waals surface area contributed by atoms with Gasteiger partial charge in [-0.05, 0) is 23.1 Å². The molecular weight excluding hydrogens is 334 g/mol. The van der Waals surface area contributed by atoms with Crippen LogP contribution in [0.2, 0.25) is 0 Å². The first-order valence-corrected chi connectivity index (χ1v) is 7.62. The normalized spacial score (nSPS) is 12.6. The van der Waals surface area contributed by atoms with Crippen LogP contribution in [0.3, 0.4) is 0 Å². The largest absolute Gasteiger partial charge is 0.469 e. The van der Waals surface area contributed by atoms with Crippen molar-refractivity contribution in [3.05, 3.63) is 34.3 Å². The summed E-state index contributed by atoms with van der Waals surface area (Å²) in [6, 6.07) is 7.16. The summed E-state index contributed by atoms with van der Waals surface area (Å²) in [6.07, 6.45) is 0.523. The molecule has 0 radical (unpaired) electrons. The Kier molecular flexibility index (Phi) is 6.40. The van der Waals surface area contributed by atoms with Crippen LogP contribution in [0.15, 0.2) is 28.7 Å². The van der Waals surface area contributed by atoms with E-state index in [4.69, 9.17) is 4.74 Å². The van der Waals surface area contributed by atoms with Crippen LogP contribution >= 0.6 is 15.9 Å². The lowest BCUT2D eigenvalue weighted by molar-refractivity contribution is -0.141. The molecule has 0 saturated heterocycles. The SMILES string of the molecule is COC(=O)CC(NC(=O)CC(C)(C)C)c1ccc(Br)cc1. The van der Waals surface area contributed by atoms with Gasteiger partial charge in [-0.3, -0.25) is 9.59 Å². The highest BCUT2D eigenvalue weighted by Crippen LogP contribution is 2.23. The molecule has 1 aromatic carbocycles. The van der Waals surface area contributed by atoms with Crippen molar-refractivity contribution in [2.24, 2.45) is 5.41 Å². The molecule has 1 atom stereocenters. The van der Waals surface area contributed by atoms with Crippen molar-refractivity contribution in [2.75, 3.05) is 7.11 Å². The molecule has 4 nitrogen and oxygen atoms in total. The van der Waals surface area contributed by atoms with Crippen LogP contribution in [0.5, 0.6) is 0 Å². The van der Waals surface area contributed by atoms with Gasteiger partial charge in [0.05, 0.1) is 19.6 Å². The molecule has 116 valence electrons. The number of ether oxygens (including phenoxy) is 1. The highest BCUT2D eigenvalue weighted by molar-refractivity contribution is 9.10. The van der Waals surface area contributed by atoms with E-state index >= 15 is 0 Å². The minimum atomic E-state index is -0.375. The average molecular weight is 356 g/mol. The van der Waals surface area contributed by atoms with Crippen molar-refractivity contribution in [3.63, 3.8) is 0 Å². The van der Waals surface area contributed by atoms with Gasteiger partial charge < -0.3 is 10.1 Å². The van der Waals surface area contributed by atoms with Crippen molar-refractivity contribution in [1.82, 2.24) is 5.32 Å². The summed E-state index contributed by atoms with van der Waals surface area (Å²) in [5.74, 6) is -0.418. The summed E-state index contributed by atoms with van der Waals surface area (Å²) >= 11 is 3.37. The number of hydrogen-bond donors (Lipinski definition) is 1. The summed E-state index contributed by atoms with van der Waals surface area (Å²) in [6.45, 7) is 6.00. The van der Waals surface area contributed by atoms with Crippen LogP contribution in [0.1, 0.15) is 45.2 Å². The van der Waals surface area contributed by atoms with E-state index in [1.54, 1.807) is 0 Å². The molecule has 0 aliphatic rings. The number of rotatable bonds is 5. The van der Waals surface area contributed by atoms with E-state index in [1.165, 1.54) is 7.11 Å². The van der Waals surface area contributed by atoms with Gasteiger partial charge in [-0.2, -0.15) is 0 Å². The second-order valence-electron chi connectivity index (χ2n) is 6.19. The number of esters is 1. The Morgan fingerprint density at radius 1 is 1.24 bits per heavy atom. The summed E-state index contributed by atoms with van der Waals surface area (Å²) in [4.78, 5) is 23.7. The topological polar surface area (TPSA) is 55.4 Å². The second kappa shape index (κ2) is 7.59. The predicted octanol–water partition coefficient (Wildman–Crippen LogP) is 3.61. The number of halogens is 1. The molecule has 0 aliphatic carbocycles. The maximum Gasteiger partial charge on any atom is 0.307 e. The monoisotopic (exact) mass is 355 g/mol. The fourth-order valence-electron chi connectivity index (χ4n) is 1.92. The van der Waals surface area contributed by atoms with Crippen molar-refractivity contribution in [2.45, 2.75) is 39.7 Å². The lowest BCUT2D eigenvalue weighted by atomic mass is 9.91. The highest BCUT2D eigenvalue weighted by Gasteiger charge is 2.22. The van der Waals surface area contributed by atoms with Gasteiger partial charge in [0.15, 0.2) is 0 Å². The van der Waals surface area contributed by atoms with E-state index in [2.05, 4.69) is 21.2 Å². The minimum absolute atomic E-state index is 0.0701. The van der Waals surface area contributed by atoms with Gasteiger partial charge in [-0.25, -0.2) is 0 Å². The highest BCUT2D eigenvalue weighted by atomic mass is 79.9. The van der Waals surface area contributed by atoms with Crippen molar-refractivity contribution < 1.29 is 14.3 Å². The van der Waals surface area contributed by atoms with Crippen LogP contribution in [0.4, 0.5) is 0 Å². The molecule has 0 spiro atoms. The molecule has 1 rings (SSSR count). The van der Waals surface area contributed by atoms with Gasteiger partial charge in [-0.1, -0.05) is 48.8 Å². The Morgan fingerprint density at radius 2 is 1.81 bits per heavy atom. The zero-order valence-electron chi connectivity index (χ0n) is 12.9. The number of nitrogens with one attached hydrogen (secondary N) is 1. The Bertz CT molecular complexity index is 491. The first-order chi connectivity index (χ1) is 9.71. The van der Waals surface area contributed by atoms with Gasteiger partial charge in [0.2, 0.25) is 5.91 Å². The van der Waals surface area contributed by atoms with Crippen molar-refractivity contribution in [1.29, 1.82) is 0 Å². The van der Waals surface area contributed by atoms with Crippen LogP contribution in [-0.2, 0) is 14.3 Å². The predicted molar refractivity (Wildman–Crippen MR) is 85.7 cm³/mol. The molecule has 1 unspecified atom stereocenters. The lowest BCUT2D eigenvalue weighted by Gasteiger charge is -2.22. The van der Waals surface area contributed by atoms with Crippen LogP contribution in [-0.4, -0.2) is 19.0 Å². The number of carbonyl (C=O) groups is 2. The van der Waals surface area contributed by atoms with E-state index < -0.39 is 0 Å². The molecule has 1 amide bonds. The molecule has 0 aromatic heterocycles. The number of hydrogen-bond acceptors (Lipinski definition) is 3. The summed E-state index contributed by atoms with van der Waals surface area (Å²) < 4.78 is 5.66. The fraction of sp³-hybridized carbons (Fsp3) is 0.500. The zero-order chi connectivity index (χ0) is 16.0. The number of benzene rings is 1. The van der Waals surface area contributed by atoms with Crippen LogP contribution < -0.4 is 5.32 Å². The Hall–Kier alpha value is -1.36. The summed E-state index contributed by atoms with van der Waals surface area (Å²) in [7, 11) is 1.35. The second-order valence-corrected chi connectivity index (χ2v) is 7.11. The van der Waals surface area contributed by atoms with Crippen LogP contribution in [0, 0.1) is 5.41 Å². The number of carbonyl (C=O) groups excluding carboxylic acids is 2. The molecule has 0 heterocycles. The molecule has 5 heteroatoms. The third kappa shape index (κ3) is 6.76. The van der Waals surface area contributed by atoms with Crippen molar-refractivity contribution >= 4 is 27.8 Å². The maximum absolute atomic E-state index is 12.1. The molecule has 1 N–H and O–H groups in total. The molecular formula is C16H22BrNO3.